The van der Waals surface area contributed by atoms with Crippen LogP contribution in [0.15, 0.2) is 27.5 Å². The molecule has 0 aliphatic rings. The van der Waals surface area contributed by atoms with Crippen LogP contribution in [0.4, 0.5) is 0 Å². The van der Waals surface area contributed by atoms with E-state index in [9.17, 15) is 9.59 Å². The Labute approximate surface area is 77.9 Å². The number of aromatic amines is 1. The number of carbonyl (C=O) groups is 1. The van der Waals surface area contributed by atoms with E-state index in [1.54, 1.807) is 12.1 Å². The topological polar surface area (TPSA) is 83.3 Å². The van der Waals surface area contributed by atoms with Crippen molar-refractivity contribution in [3.05, 3.63) is 34.2 Å². The molecule has 0 unspecified atom stereocenters. The minimum Gasteiger partial charge on any atom is -0.481 e. The summed E-state index contributed by atoms with van der Waals surface area (Å²) in [5, 5.41) is 11.4. The second-order valence-corrected chi connectivity index (χ2v) is 2.94. The number of rotatable bonds is 2. The van der Waals surface area contributed by atoms with E-state index in [1.165, 1.54) is 6.07 Å². The van der Waals surface area contributed by atoms with Crippen molar-refractivity contribution in [3.8, 4) is 0 Å². The third kappa shape index (κ3) is 1.39. The fraction of sp³-hybridized carbons (Fsp3) is 0.111. The Balaban J connectivity index is 2.54. The zero-order valence-electron chi connectivity index (χ0n) is 7.11. The number of aliphatic carboxylic acids is 1. The van der Waals surface area contributed by atoms with Crippen LogP contribution in [0, 0.1) is 0 Å². The van der Waals surface area contributed by atoms with Gasteiger partial charge in [-0.25, -0.2) is 9.95 Å². The first kappa shape index (κ1) is 8.55. The van der Waals surface area contributed by atoms with E-state index in [4.69, 9.17) is 5.11 Å². The molecule has 2 rings (SSSR count). The van der Waals surface area contributed by atoms with Crippen LogP contribution in [0.2, 0.25) is 0 Å². The fourth-order valence-corrected chi connectivity index (χ4v) is 1.29. The Morgan fingerprint density at radius 2 is 2.29 bits per heavy atom. The second-order valence-electron chi connectivity index (χ2n) is 2.94. The molecule has 0 amide bonds. The number of hydrogen-bond acceptors (Lipinski definition) is 3. The van der Waals surface area contributed by atoms with Crippen LogP contribution < -0.4 is 5.63 Å². The predicted octanol–water partition coefficient (Wildman–Crippen LogP) is 0.748. The van der Waals surface area contributed by atoms with Crippen LogP contribution in [-0.4, -0.2) is 16.2 Å². The summed E-state index contributed by atoms with van der Waals surface area (Å²) < 4.78 is 4.55. The van der Waals surface area contributed by atoms with Crippen LogP contribution in [0.5, 0.6) is 0 Å². The average Bonchev–Trinajstić information content (AvgIpc) is 2.47. The second kappa shape index (κ2) is 3.02. The number of carboxylic acids is 1. The van der Waals surface area contributed by atoms with Crippen LogP contribution in [-0.2, 0) is 11.2 Å². The first-order chi connectivity index (χ1) is 6.66. The summed E-state index contributed by atoms with van der Waals surface area (Å²) in [4.78, 5) is 21.5. The molecule has 1 heterocycles. The maximum absolute atomic E-state index is 11.1. The Morgan fingerprint density at radius 1 is 1.50 bits per heavy atom. The van der Waals surface area contributed by atoms with Gasteiger partial charge in [-0.15, -0.1) is 0 Å². The van der Waals surface area contributed by atoms with E-state index in [2.05, 4.69) is 9.68 Å². The van der Waals surface area contributed by atoms with Gasteiger partial charge in [-0.2, -0.15) is 0 Å². The van der Waals surface area contributed by atoms with Crippen molar-refractivity contribution in [1.82, 2.24) is 5.16 Å². The van der Waals surface area contributed by atoms with Gasteiger partial charge in [-0.1, -0.05) is 6.07 Å². The summed E-state index contributed by atoms with van der Waals surface area (Å²) in [6.45, 7) is 0. The zero-order valence-corrected chi connectivity index (χ0v) is 7.11. The van der Waals surface area contributed by atoms with E-state index in [1.807, 2.05) is 0 Å². The molecule has 5 heteroatoms. The largest absolute Gasteiger partial charge is 0.481 e. The summed E-state index contributed by atoms with van der Waals surface area (Å²) in [5.41, 5.74) is 0.674. The molecule has 2 aromatic rings. The van der Waals surface area contributed by atoms with E-state index in [0.29, 0.717) is 16.5 Å². The molecule has 0 aliphatic heterocycles. The van der Waals surface area contributed by atoms with Gasteiger partial charge in [0, 0.05) is 0 Å². The van der Waals surface area contributed by atoms with E-state index >= 15 is 0 Å². The quantitative estimate of drug-likeness (QED) is 0.737. The van der Waals surface area contributed by atoms with Gasteiger partial charge in [0.1, 0.15) is 0 Å². The van der Waals surface area contributed by atoms with Gasteiger partial charge >= 0.3 is 11.6 Å². The normalized spacial score (nSPS) is 10.6. The van der Waals surface area contributed by atoms with E-state index in [0.717, 1.165) is 0 Å². The summed E-state index contributed by atoms with van der Waals surface area (Å²) in [5.74, 6) is -0.927. The first-order valence-electron chi connectivity index (χ1n) is 3.99. The third-order valence-electron chi connectivity index (χ3n) is 1.91. The van der Waals surface area contributed by atoms with Crippen LogP contribution in [0.3, 0.4) is 0 Å². The lowest BCUT2D eigenvalue weighted by molar-refractivity contribution is -0.136. The summed E-state index contributed by atoms with van der Waals surface area (Å²) >= 11 is 0. The molecule has 0 saturated heterocycles. The highest BCUT2D eigenvalue weighted by Crippen LogP contribution is 2.10. The van der Waals surface area contributed by atoms with Gasteiger partial charge in [0.15, 0.2) is 0 Å². The minimum atomic E-state index is -0.927. The van der Waals surface area contributed by atoms with Crippen molar-refractivity contribution in [2.24, 2.45) is 0 Å². The van der Waals surface area contributed by atoms with Crippen molar-refractivity contribution >= 4 is 16.9 Å². The Hall–Kier alpha value is -2.04. The first-order valence-corrected chi connectivity index (χ1v) is 3.99. The molecule has 14 heavy (non-hydrogen) atoms. The van der Waals surface area contributed by atoms with Crippen molar-refractivity contribution in [2.75, 3.05) is 0 Å². The van der Waals surface area contributed by atoms with E-state index in [-0.39, 0.29) is 6.42 Å². The van der Waals surface area contributed by atoms with Crippen molar-refractivity contribution < 1.29 is 14.4 Å². The van der Waals surface area contributed by atoms with Crippen molar-refractivity contribution in [2.45, 2.75) is 6.42 Å². The molecule has 0 spiro atoms. The number of hydrogen-bond donors (Lipinski definition) is 2. The highest BCUT2D eigenvalue weighted by atomic mass is 16.5. The summed E-state index contributed by atoms with van der Waals surface area (Å²) in [6.07, 6.45) is -0.0967. The van der Waals surface area contributed by atoms with Crippen molar-refractivity contribution in [1.29, 1.82) is 0 Å². The molecule has 0 atom stereocenters. The molecule has 1 aromatic heterocycles. The van der Waals surface area contributed by atoms with Gasteiger partial charge in [0.2, 0.25) is 0 Å². The zero-order chi connectivity index (χ0) is 10.1. The van der Waals surface area contributed by atoms with Gasteiger partial charge in [-0.05, 0) is 17.7 Å². The van der Waals surface area contributed by atoms with E-state index < -0.39 is 11.6 Å². The highest BCUT2D eigenvalue weighted by molar-refractivity contribution is 5.79. The molecule has 1 aromatic carbocycles. The van der Waals surface area contributed by atoms with Gasteiger partial charge in [-0.3, -0.25) is 4.79 Å². The minimum absolute atomic E-state index is 0.0967. The molecule has 0 aliphatic carbocycles. The predicted molar refractivity (Wildman–Crippen MR) is 48.2 cm³/mol. The molecule has 0 saturated carbocycles. The summed E-state index contributed by atoms with van der Waals surface area (Å²) in [7, 11) is 0. The number of carboxylic acid groups (broad SMARTS) is 1. The van der Waals surface area contributed by atoms with Gasteiger partial charge in [0.05, 0.1) is 17.3 Å². The average molecular weight is 193 g/mol. The molecular weight excluding hydrogens is 186 g/mol. The standard InChI is InChI=1S/C9H7NO4/c11-8(12)4-5-1-2-7-6(3-5)9(13)14-10-7/h1-3,10H,4H2,(H,11,12). The Morgan fingerprint density at radius 3 is 3.00 bits per heavy atom. The fourth-order valence-electron chi connectivity index (χ4n) is 1.29. The maximum Gasteiger partial charge on any atom is 0.365 e. The molecule has 0 radical (unpaired) electrons. The van der Waals surface area contributed by atoms with Crippen LogP contribution >= 0.6 is 0 Å². The lowest BCUT2D eigenvalue weighted by atomic mass is 10.1. The number of fused-ring (bicyclic) bond motifs is 1. The smallest absolute Gasteiger partial charge is 0.365 e. The number of H-pyrrole nitrogens is 1. The molecule has 0 fully saturated rings. The summed E-state index contributed by atoms with van der Waals surface area (Å²) in [6, 6.07) is 4.78. The maximum atomic E-state index is 11.1. The van der Waals surface area contributed by atoms with Gasteiger partial charge < -0.3 is 9.63 Å². The molecular formula is C9H7NO4. The number of aromatic nitrogens is 1. The highest BCUT2D eigenvalue weighted by Gasteiger charge is 2.06. The lowest BCUT2D eigenvalue weighted by Crippen LogP contribution is -2.00. The molecule has 5 nitrogen and oxygen atoms in total. The monoisotopic (exact) mass is 193 g/mol. The Kier molecular flexibility index (Phi) is 1.85. The SMILES string of the molecule is O=C(O)Cc1ccc2[nH]oc(=O)c2c1. The van der Waals surface area contributed by atoms with Crippen LogP contribution in [0.1, 0.15) is 5.56 Å². The van der Waals surface area contributed by atoms with Crippen LogP contribution in [0.25, 0.3) is 10.9 Å². The molecule has 0 bridgehead atoms. The van der Waals surface area contributed by atoms with Crippen molar-refractivity contribution in [3.63, 3.8) is 0 Å². The lowest BCUT2D eigenvalue weighted by Gasteiger charge is -1.94. The third-order valence-corrected chi connectivity index (χ3v) is 1.91. The number of benzene rings is 1. The number of nitrogens with one attached hydrogen (secondary N) is 1. The molecule has 72 valence electrons. The Bertz CT molecular complexity index is 537. The molecule has 2 N–H and O–H groups in total. The van der Waals surface area contributed by atoms with Gasteiger partial charge in [0.25, 0.3) is 0 Å².